The minimum Gasteiger partial charge on any atom is -0.381 e. The van der Waals surface area contributed by atoms with Gasteiger partial charge in [-0.3, -0.25) is 14.7 Å². The Bertz CT molecular complexity index is 820. The number of benzene rings is 1. The molecule has 1 amide bonds. The molecule has 1 unspecified atom stereocenters. The quantitative estimate of drug-likeness (QED) is 0.361. The van der Waals surface area contributed by atoms with E-state index in [1.165, 1.54) is 42.6 Å². The van der Waals surface area contributed by atoms with Gasteiger partial charge in [0.15, 0.2) is 0 Å². The molecular weight excluding hydrogens is 410 g/mol. The summed E-state index contributed by atoms with van der Waals surface area (Å²) >= 11 is 0. The highest BCUT2D eigenvalue weighted by Crippen LogP contribution is 2.24. The third kappa shape index (κ3) is 8.38. The van der Waals surface area contributed by atoms with Crippen molar-refractivity contribution >= 4 is 17.3 Å². The predicted molar refractivity (Wildman–Crippen MR) is 137 cm³/mol. The maximum absolute atomic E-state index is 12.9. The first-order valence-electron chi connectivity index (χ1n) is 12.8. The molecule has 0 aromatic heterocycles. The Balaban J connectivity index is 1.53. The Hall–Kier alpha value is -1.98. The van der Waals surface area contributed by atoms with Crippen LogP contribution in [0.3, 0.4) is 0 Å². The van der Waals surface area contributed by atoms with Crippen LogP contribution in [0.5, 0.6) is 0 Å². The molecule has 0 bridgehead atoms. The molecular formula is C28H43N3O2. The number of ether oxygens (including phenoxy) is 1. The zero-order valence-corrected chi connectivity index (χ0v) is 21.0. The number of carbonyl (C=O) groups is 1. The second-order valence-electron chi connectivity index (χ2n) is 9.88. The lowest BCUT2D eigenvalue weighted by molar-refractivity contribution is -0.122. The Kier molecular flexibility index (Phi) is 10.1. The summed E-state index contributed by atoms with van der Waals surface area (Å²) in [6, 6.07) is 6.58. The van der Waals surface area contributed by atoms with Crippen LogP contribution in [0.25, 0.3) is 0 Å². The molecule has 2 saturated heterocycles. The van der Waals surface area contributed by atoms with E-state index in [0.717, 1.165) is 56.8 Å². The van der Waals surface area contributed by atoms with Crippen molar-refractivity contribution in [3.63, 3.8) is 0 Å². The lowest BCUT2D eigenvalue weighted by Crippen LogP contribution is -2.43. The Morgan fingerprint density at radius 3 is 2.64 bits per heavy atom. The number of aliphatic imine (C=N–C) groups is 1. The average molecular weight is 454 g/mol. The minimum absolute atomic E-state index is 0.119. The van der Waals surface area contributed by atoms with Gasteiger partial charge in [-0.05, 0) is 95.0 Å². The third-order valence-corrected chi connectivity index (χ3v) is 7.03. The first-order chi connectivity index (χ1) is 15.9. The highest BCUT2D eigenvalue weighted by molar-refractivity contribution is 5.89. The van der Waals surface area contributed by atoms with Crippen molar-refractivity contribution in [2.24, 2.45) is 10.9 Å². The monoisotopic (exact) mass is 453 g/mol. The molecule has 1 N–H and O–H groups in total. The van der Waals surface area contributed by atoms with Crippen molar-refractivity contribution in [1.82, 2.24) is 10.2 Å². The number of amides is 1. The number of likely N-dealkylation sites (tertiary alicyclic amines) is 1. The number of carbonyl (C=O) groups excluding carboxylic acids is 1. The molecule has 0 spiro atoms. The largest absolute Gasteiger partial charge is 0.381 e. The van der Waals surface area contributed by atoms with Gasteiger partial charge in [-0.1, -0.05) is 31.2 Å². The topological polar surface area (TPSA) is 53.9 Å². The van der Waals surface area contributed by atoms with Crippen LogP contribution in [0, 0.1) is 12.8 Å². The lowest BCUT2D eigenvalue weighted by Gasteiger charge is -2.32. The smallest absolute Gasteiger partial charge is 0.220 e. The summed E-state index contributed by atoms with van der Waals surface area (Å²) in [4.78, 5) is 20.2. The van der Waals surface area contributed by atoms with Crippen LogP contribution in [0.1, 0.15) is 69.9 Å². The molecule has 5 heteroatoms. The van der Waals surface area contributed by atoms with Crippen molar-refractivity contribution < 1.29 is 9.53 Å². The van der Waals surface area contributed by atoms with E-state index < -0.39 is 0 Å². The number of rotatable bonds is 11. The highest BCUT2D eigenvalue weighted by Gasteiger charge is 2.26. The molecule has 0 saturated carbocycles. The summed E-state index contributed by atoms with van der Waals surface area (Å²) in [5, 5.41) is 3.36. The van der Waals surface area contributed by atoms with E-state index in [9.17, 15) is 4.79 Å². The van der Waals surface area contributed by atoms with Crippen LogP contribution in [0.4, 0.5) is 5.69 Å². The van der Waals surface area contributed by atoms with Crippen LogP contribution >= 0.6 is 0 Å². The normalized spacial score (nSPS) is 18.9. The molecule has 5 nitrogen and oxygen atoms in total. The molecule has 1 aromatic rings. The molecule has 1 aromatic carbocycles. The standard InChI is InChI=1S/C28H43N3O2/c1-5-24-9-10-26(22(3)19-24)29-23(4)8-11-28(32)30-27(25-12-16-33-17-13-25)18-21(2)20-31-14-6-7-15-31/h9-10,19,25,27H,2,5-8,11-18,20H2,1,3-4H3,(H,30,32). The van der Waals surface area contributed by atoms with Gasteiger partial charge in [0, 0.05) is 37.9 Å². The van der Waals surface area contributed by atoms with E-state index in [-0.39, 0.29) is 11.9 Å². The maximum atomic E-state index is 12.9. The van der Waals surface area contributed by atoms with Crippen LogP contribution < -0.4 is 5.32 Å². The van der Waals surface area contributed by atoms with Crippen molar-refractivity contribution in [3.8, 4) is 0 Å². The molecule has 2 fully saturated rings. The van der Waals surface area contributed by atoms with Gasteiger partial charge in [0.25, 0.3) is 0 Å². The number of nitrogens with one attached hydrogen (secondary N) is 1. The number of hydrogen-bond acceptors (Lipinski definition) is 4. The van der Waals surface area contributed by atoms with E-state index in [2.05, 4.69) is 48.8 Å². The molecule has 0 radical (unpaired) electrons. The zero-order chi connectivity index (χ0) is 23.6. The van der Waals surface area contributed by atoms with Gasteiger partial charge < -0.3 is 10.1 Å². The molecule has 2 aliphatic rings. The molecule has 2 aliphatic heterocycles. The van der Waals surface area contributed by atoms with Gasteiger partial charge >= 0.3 is 0 Å². The molecule has 2 heterocycles. The van der Waals surface area contributed by atoms with Gasteiger partial charge in [-0.15, -0.1) is 0 Å². The van der Waals surface area contributed by atoms with Crippen molar-refractivity contribution in [3.05, 3.63) is 41.5 Å². The van der Waals surface area contributed by atoms with Gasteiger partial charge in [0.1, 0.15) is 0 Å². The van der Waals surface area contributed by atoms with Crippen LogP contribution in [0.15, 0.2) is 35.3 Å². The SMILES string of the molecule is C=C(CC(NC(=O)CCC(C)=Nc1ccc(CC)cc1C)C1CCOCC1)CN1CCCC1. The summed E-state index contributed by atoms with van der Waals surface area (Å²) in [6.45, 7) is 15.5. The van der Waals surface area contributed by atoms with Crippen LogP contribution in [-0.4, -0.2) is 55.4 Å². The Morgan fingerprint density at radius 2 is 1.97 bits per heavy atom. The van der Waals surface area contributed by atoms with Gasteiger partial charge in [-0.2, -0.15) is 0 Å². The highest BCUT2D eigenvalue weighted by atomic mass is 16.5. The summed E-state index contributed by atoms with van der Waals surface area (Å²) in [6.07, 6.45) is 7.64. The second-order valence-corrected chi connectivity index (χ2v) is 9.88. The fourth-order valence-corrected chi connectivity index (χ4v) is 4.98. The molecule has 3 rings (SSSR count). The molecule has 0 aliphatic carbocycles. The molecule has 1 atom stereocenters. The summed E-state index contributed by atoms with van der Waals surface area (Å²) < 4.78 is 5.57. The fraction of sp³-hybridized carbons (Fsp3) is 0.643. The van der Waals surface area contributed by atoms with Gasteiger partial charge in [0.2, 0.25) is 5.91 Å². The van der Waals surface area contributed by atoms with Crippen LogP contribution in [-0.2, 0) is 16.0 Å². The number of aryl methyl sites for hydroxylation is 2. The maximum Gasteiger partial charge on any atom is 0.220 e. The van der Waals surface area contributed by atoms with E-state index in [0.29, 0.717) is 18.8 Å². The number of hydrogen-bond donors (Lipinski definition) is 1. The molecule has 182 valence electrons. The van der Waals surface area contributed by atoms with Gasteiger partial charge in [0.05, 0.1) is 5.69 Å². The lowest BCUT2D eigenvalue weighted by atomic mass is 9.87. The van der Waals surface area contributed by atoms with E-state index in [4.69, 9.17) is 9.73 Å². The van der Waals surface area contributed by atoms with Crippen molar-refractivity contribution in [2.75, 3.05) is 32.8 Å². The first-order valence-corrected chi connectivity index (χ1v) is 12.8. The second kappa shape index (κ2) is 13.0. The van der Waals surface area contributed by atoms with Crippen molar-refractivity contribution in [1.29, 1.82) is 0 Å². The van der Waals surface area contributed by atoms with E-state index >= 15 is 0 Å². The number of nitrogens with zero attached hydrogens (tertiary/aromatic N) is 2. The fourth-order valence-electron chi connectivity index (χ4n) is 4.98. The zero-order valence-electron chi connectivity index (χ0n) is 21.0. The van der Waals surface area contributed by atoms with Crippen molar-refractivity contribution in [2.45, 2.75) is 78.2 Å². The Labute approximate surface area is 200 Å². The van der Waals surface area contributed by atoms with E-state index in [1.54, 1.807) is 0 Å². The van der Waals surface area contributed by atoms with Gasteiger partial charge in [-0.25, -0.2) is 0 Å². The predicted octanol–water partition coefficient (Wildman–Crippen LogP) is 5.38. The summed E-state index contributed by atoms with van der Waals surface area (Å²) in [5.41, 5.74) is 5.75. The Morgan fingerprint density at radius 1 is 1.24 bits per heavy atom. The third-order valence-electron chi connectivity index (χ3n) is 7.03. The van der Waals surface area contributed by atoms with Crippen LogP contribution in [0.2, 0.25) is 0 Å². The van der Waals surface area contributed by atoms with E-state index in [1.807, 2.05) is 6.92 Å². The minimum atomic E-state index is 0.119. The first kappa shape index (κ1) is 25.6. The summed E-state index contributed by atoms with van der Waals surface area (Å²) in [5.74, 6) is 0.584. The summed E-state index contributed by atoms with van der Waals surface area (Å²) in [7, 11) is 0. The molecule has 33 heavy (non-hydrogen) atoms. The average Bonchev–Trinajstić information content (AvgIpc) is 3.32.